The minimum absolute atomic E-state index is 0.0577. The Morgan fingerprint density at radius 3 is 2.50 bits per heavy atom. The molecule has 0 aliphatic carbocycles. The fraction of sp³-hybridized carbons (Fsp3) is 0.529. The topological polar surface area (TPSA) is 52.6 Å². The van der Waals surface area contributed by atoms with Gasteiger partial charge in [-0.1, -0.05) is 60.1 Å². The Morgan fingerprint density at radius 2 is 1.91 bits per heavy atom. The third kappa shape index (κ3) is 6.71. The smallest absolute Gasteiger partial charge is 0.316 e. The molecule has 0 bridgehead atoms. The number of benzene rings is 1. The number of hydrogen-bond donors (Lipinski definition) is 0. The number of hydrogen-bond acceptors (Lipinski definition) is 4. The summed E-state index contributed by atoms with van der Waals surface area (Å²) in [5, 5.41) is 0.143. The van der Waals surface area contributed by atoms with E-state index in [2.05, 4.69) is 15.9 Å². The summed E-state index contributed by atoms with van der Waals surface area (Å²) in [7, 11) is 0. The highest BCUT2D eigenvalue weighted by Crippen LogP contribution is 2.15. The Kier molecular flexibility index (Phi) is 9.01. The first-order chi connectivity index (χ1) is 10.6. The molecule has 0 N–H and O–H groups in total. The molecule has 0 aliphatic heterocycles. The molecule has 1 aromatic carbocycles. The first-order valence-electron chi connectivity index (χ1n) is 7.48. The van der Waals surface area contributed by atoms with Crippen LogP contribution in [0.1, 0.15) is 32.3 Å². The highest BCUT2D eigenvalue weighted by molar-refractivity contribution is 9.09. The molecule has 122 valence electrons. The molecule has 0 radical (unpaired) electrons. The van der Waals surface area contributed by atoms with Crippen molar-refractivity contribution < 1.29 is 19.1 Å². The molecule has 4 nitrogen and oxygen atoms in total. The van der Waals surface area contributed by atoms with Gasteiger partial charge in [0, 0.05) is 6.42 Å². The van der Waals surface area contributed by atoms with Crippen LogP contribution < -0.4 is 0 Å². The first kappa shape index (κ1) is 18.8. The lowest BCUT2D eigenvalue weighted by atomic mass is 9.96. The number of carbonyl (C=O) groups is 2. The van der Waals surface area contributed by atoms with Crippen molar-refractivity contribution >= 4 is 27.7 Å². The van der Waals surface area contributed by atoms with E-state index in [0.717, 1.165) is 5.56 Å². The molecule has 0 aromatic heterocycles. The van der Waals surface area contributed by atoms with Crippen molar-refractivity contribution in [1.82, 2.24) is 0 Å². The lowest BCUT2D eigenvalue weighted by Gasteiger charge is -2.21. The summed E-state index contributed by atoms with van der Waals surface area (Å²) in [4.78, 5) is 23.5. The average Bonchev–Trinajstić information content (AvgIpc) is 2.56. The minimum atomic E-state index is -0.369. The summed E-state index contributed by atoms with van der Waals surface area (Å²) in [5.74, 6) is -0.595. The van der Waals surface area contributed by atoms with Crippen molar-refractivity contribution in [3.8, 4) is 0 Å². The highest BCUT2D eigenvalue weighted by Gasteiger charge is 2.25. The highest BCUT2D eigenvalue weighted by atomic mass is 79.9. The largest absolute Gasteiger partial charge is 0.461 e. The summed E-state index contributed by atoms with van der Waals surface area (Å²) < 4.78 is 10.8. The Morgan fingerprint density at radius 1 is 1.23 bits per heavy atom. The molecule has 22 heavy (non-hydrogen) atoms. The second-order valence-electron chi connectivity index (χ2n) is 5.11. The van der Waals surface area contributed by atoms with Crippen LogP contribution in [0.15, 0.2) is 30.3 Å². The van der Waals surface area contributed by atoms with Crippen LogP contribution in [0.5, 0.6) is 0 Å². The van der Waals surface area contributed by atoms with Gasteiger partial charge in [-0.2, -0.15) is 0 Å². The van der Waals surface area contributed by atoms with E-state index in [0.29, 0.717) is 26.1 Å². The maximum Gasteiger partial charge on any atom is 0.316 e. The molecule has 0 amide bonds. The van der Waals surface area contributed by atoms with Crippen molar-refractivity contribution in [3.63, 3.8) is 0 Å². The number of alkyl halides is 1. The third-order valence-electron chi connectivity index (χ3n) is 3.46. The lowest BCUT2D eigenvalue weighted by Crippen LogP contribution is -2.31. The summed E-state index contributed by atoms with van der Waals surface area (Å²) in [6.45, 7) is 4.58. The molecule has 0 saturated heterocycles. The van der Waals surface area contributed by atoms with Gasteiger partial charge in [0.15, 0.2) is 0 Å². The quantitative estimate of drug-likeness (QED) is 0.359. The van der Waals surface area contributed by atoms with Crippen LogP contribution in [-0.4, -0.2) is 29.8 Å². The van der Waals surface area contributed by atoms with Gasteiger partial charge in [0.1, 0.15) is 17.2 Å². The molecule has 1 aromatic rings. The second kappa shape index (κ2) is 10.5. The fourth-order valence-electron chi connectivity index (χ4n) is 2.11. The van der Waals surface area contributed by atoms with Gasteiger partial charge in [0.25, 0.3) is 0 Å². The fourth-order valence-corrected chi connectivity index (χ4v) is 2.24. The summed E-state index contributed by atoms with van der Waals surface area (Å²) >= 11 is 3.05. The van der Waals surface area contributed by atoms with Gasteiger partial charge in [-0.05, 0) is 12.0 Å². The maximum absolute atomic E-state index is 12.1. The van der Waals surface area contributed by atoms with Gasteiger partial charge in [0.05, 0.1) is 19.1 Å². The number of Topliss-reactive ketones (excluding diaryl/α,β-unsaturated/α-hetero) is 1. The van der Waals surface area contributed by atoms with E-state index in [1.165, 1.54) is 0 Å². The predicted octanol–water partition coefficient (Wildman–Crippen LogP) is 3.52. The van der Waals surface area contributed by atoms with Crippen LogP contribution in [0.25, 0.3) is 0 Å². The van der Waals surface area contributed by atoms with Crippen molar-refractivity contribution in [2.24, 2.45) is 5.92 Å². The van der Waals surface area contributed by atoms with E-state index >= 15 is 0 Å². The SMILES string of the molecule is CC[C@H](OC(=O)CBr)[C@H](C)C(=O)CCOCc1ccccc1. The molecule has 0 heterocycles. The van der Waals surface area contributed by atoms with Crippen LogP contribution in [0.4, 0.5) is 0 Å². The second-order valence-corrected chi connectivity index (χ2v) is 5.67. The molecule has 1 rings (SSSR count). The first-order valence-corrected chi connectivity index (χ1v) is 8.60. The van der Waals surface area contributed by atoms with E-state index < -0.39 is 0 Å². The van der Waals surface area contributed by atoms with Crippen LogP contribution in [0.3, 0.4) is 0 Å². The van der Waals surface area contributed by atoms with Crippen molar-refractivity contribution in [3.05, 3.63) is 35.9 Å². The summed E-state index contributed by atoms with van der Waals surface area (Å²) in [5.41, 5.74) is 1.08. The molecule has 0 aliphatic rings. The van der Waals surface area contributed by atoms with E-state index in [1.807, 2.05) is 37.3 Å². The zero-order valence-corrected chi connectivity index (χ0v) is 14.7. The van der Waals surface area contributed by atoms with E-state index in [-0.39, 0.29) is 29.1 Å². The normalized spacial score (nSPS) is 13.4. The number of ketones is 1. The molecular formula is C17H23BrO4. The van der Waals surface area contributed by atoms with Crippen molar-refractivity contribution in [2.75, 3.05) is 11.9 Å². The standard InChI is InChI=1S/C17H23BrO4/c1-3-16(22-17(20)11-18)13(2)15(19)9-10-21-12-14-7-5-4-6-8-14/h4-8,13,16H,3,9-12H2,1-2H3/t13-,16+/m1/s1. The van der Waals surface area contributed by atoms with Gasteiger partial charge < -0.3 is 9.47 Å². The van der Waals surface area contributed by atoms with Gasteiger partial charge in [-0.3, -0.25) is 9.59 Å². The number of esters is 1. The summed E-state index contributed by atoms with van der Waals surface area (Å²) in [6, 6.07) is 9.83. The van der Waals surface area contributed by atoms with Gasteiger partial charge in [-0.15, -0.1) is 0 Å². The van der Waals surface area contributed by atoms with Crippen molar-refractivity contribution in [2.45, 2.75) is 39.4 Å². The summed E-state index contributed by atoms with van der Waals surface area (Å²) in [6.07, 6.45) is 0.582. The average molecular weight is 371 g/mol. The molecule has 2 atom stereocenters. The van der Waals surface area contributed by atoms with Gasteiger partial charge >= 0.3 is 5.97 Å². The van der Waals surface area contributed by atoms with Crippen LogP contribution in [-0.2, 0) is 25.7 Å². The van der Waals surface area contributed by atoms with Crippen molar-refractivity contribution in [1.29, 1.82) is 0 Å². The number of carbonyl (C=O) groups excluding carboxylic acids is 2. The zero-order valence-electron chi connectivity index (χ0n) is 13.1. The molecule has 5 heteroatoms. The Hall–Kier alpha value is -1.20. The van der Waals surface area contributed by atoms with Crippen LogP contribution in [0, 0.1) is 5.92 Å². The minimum Gasteiger partial charge on any atom is -0.461 e. The number of rotatable bonds is 10. The molecular weight excluding hydrogens is 348 g/mol. The Bertz CT molecular complexity index is 461. The lowest BCUT2D eigenvalue weighted by molar-refractivity contribution is -0.150. The Balaban J connectivity index is 2.32. The predicted molar refractivity (Wildman–Crippen MR) is 88.9 cm³/mol. The van der Waals surface area contributed by atoms with E-state index in [9.17, 15) is 9.59 Å². The van der Waals surface area contributed by atoms with Crippen LogP contribution >= 0.6 is 15.9 Å². The van der Waals surface area contributed by atoms with Gasteiger partial charge in [0.2, 0.25) is 0 Å². The molecule has 0 spiro atoms. The number of halogens is 1. The van der Waals surface area contributed by atoms with E-state index in [4.69, 9.17) is 9.47 Å². The van der Waals surface area contributed by atoms with Gasteiger partial charge in [-0.25, -0.2) is 0 Å². The maximum atomic E-state index is 12.1. The number of ether oxygens (including phenoxy) is 2. The molecule has 0 fully saturated rings. The van der Waals surface area contributed by atoms with E-state index in [1.54, 1.807) is 6.92 Å². The zero-order chi connectivity index (χ0) is 16.4. The third-order valence-corrected chi connectivity index (χ3v) is 3.92. The Labute approximate surface area is 140 Å². The molecule has 0 unspecified atom stereocenters. The molecule has 0 saturated carbocycles. The monoisotopic (exact) mass is 370 g/mol. The van der Waals surface area contributed by atoms with Crippen LogP contribution in [0.2, 0.25) is 0 Å².